The highest BCUT2D eigenvalue weighted by molar-refractivity contribution is 5.94. The van der Waals surface area contributed by atoms with E-state index >= 15 is 0 Å². The van der Waals surface area contributed by atoms with Crippen LogP contribution in [0, 0.1) is 18.7 Å². The van der Waals surface area contributed by atoms with E-state index in [-0.39, 0.29) is 22.9 Å². The van der Waals surface area contributed by atoms with Gasteiger partial charge in [0.15, 0.2) is 0 Å². The maximum absolute atomic E-state index is 14.0. The quantitative estimate of drug-likeness (QED) is 0.328. The normalized spacial score (nSPS) is 12.2. The fourth-order valence-electron chi connectivity index (χ4n) is 4.46. The zero-order chi connectivity index (χ0) is 25.1. The third-order valence-electron chi connectivity index (χ3n) is 6.02. The van der Waals surface area contributed by atoms with E-state index in [1.807, 2.05) is 70.2 Å². The monoisotopic (exact) mass is 471 g/mol. The van der Waals surface area contributed by atoms with Gasteiger partial charge in [-0.3, -0.25) is 14.2 Å². The van der Waals surface area contributed by atoms with Gasteiger partial charge in [0.2, 0.25) is 0 Å². The summed E-state index contributed by atoms with van der Waals surface area (Å²) in [5, 5.41) is 0.513. The molecule has 4 aromatic rings. The summed E-state index contributed by atoms with van der Waals surface area (Å²) in [5.74, 6) is -0.106. The number of aryl methyl sites for hydroxylation is 1. The standard InChI is InChI=1S/C29H30FN3O2/c1-5-26(32(18-19(2)3)28(34)21-11-9-12-22(30)17-21)27-31-25-15-7-6-14-24(25)29(35)33(27)23-13-8-10-20(4)16-23/h6-17,19,26H,5,18H2,1-4H3. The van der Waals surface area contributed by atoms with Gasteiger partial charge in [0, 0.05) is 12.1 Å². The minimum atomic E-state index is -0.494. The van der Waals surface area contributed by atoms with Crippen molar-refractivity contribution in [1.29, 1.82) is 0 Å². The first-order chi connectivity index (χ1) is 16.8. The van der Waals surface area contributed by atoms with E-state index in [0.717, 1.165) is 5.56 Å². The van der Waals surface area contributed by atoms with Gasteiger partial charge in [0.05, 0.1) is 22.6 Å². The molecule has 35 heavy (non-hydrogen) atoms. The van der Waals surface area contributed by atoms with Crippen LogP contribution < -0.4 is 5.56 Å². The van der Waals surface area contributed by atoms with Crippen LogP contribution in [-0.4, -0.2) is 26.9 Å². The molecule has 0 radical (unpaired) electrons. The van der Waals surface area contributed by atoms with Crippen LogP contribution in [0.3, 0.4) is 0 Å². The van der Waals surface area contributed by atoms with E-state index in [1.165, 1.54) is 18.2 Å². The zero-order valence-electron chi connectivity index (χ0n) is 20.5. The summed E-state index contributed by atoms with van der Waals surface area (Å²) >= 11 is 0. The lowest BCUT2D eigenvalue weighted by molar-refractivity contribution is 0.0630. The highest BCUT2D eigenvalue weighted by Crippen LogP contribution is 2.28. The van der Waals surface area contributed by atoms with Crippen LogP contribution >= 0.6 is 0 Å². The number of carbonyl (C=O) groups excluding carboxylic acids is 1. The average molecular weight is 472 g/mol. The second-order valence-corrected chi connectivity index (χ2v) is 9.25. The van der Waals surface area contributed by atoms with Crippen LogP contribution in [0.5, 0.6) is 0 Å². The number of hydrogen-bond donors (Lipinski definition) is 0. The van der Waals surface area contributed by atoms with Gasteiger partial charge >= 0.3 is 0 Å². The van der Waals surface area contributed by atoms with E-state index in [2.05, 4.69) is 0 Å². The molecule has 0 bridgehead atoms. The Morgan fingerprint density at radius 3 is 2.46 bits per heavy atom. The third kappa shape index (κ3) is 5.02. The molecule has 180 valence electrons. The molecule has 1 amide bonds. The predicted molar refractivity (Wildman–Crippen MR) is 137 cm³/mol. The van der Waals surface area contributed by atoms with Gasteiger partial charge in [-0.1, -0.05) is 51.1 Å². The van der Waals surface area contributed by atoms with Crippen LogP contribution in [0.2, 0.25) is 0 Å². The Kier molecular flexibility index (Phi) is 7.10. The van der Waals surface area contributed by atoms with E-state index in [4.69, 9.17) is 4.98 Å². The number of fused-ring (bicyclic) bond motifs is 1. The van der Waals surface area contributed by atoms with Gasteiger partial charge in [-0.25, -0.2) is 9.37 Å². The van der Waals surface area contributed by atoms with Crippen molar-refractivity contribution < 1.29 is 9.18 Å². The summed E-state index contributed by atoms with van der Waals surface area (Å²) in [6.45, 7) is 8.43. The molecule has 1 unspecified atom stereocenters. The van der Waals surface area contributed by atoms with Crippen molar-refractivity contribution in [2.45, 2.75) is 40.2 Å². The maximum atomic E-state index is 14.0. The topological polar surface area (TPSA) is 55.2 Å². The number of benzene rings is 3. The molecule has 0 aliphatic heterocycles. The molecule has 3 aromatic carbocycles. The van der Waals surface area contributed by atoms with Crippen molar-refractivity contribution >= 4 is 16.8 Å². The van der Waals surface area contributed by atoms with Crippen molar-refractivity contribution in [3.63, 3.8) is 0 Å². The average Bonchev–Trinajstić information content (AvgIpc) is 2.83. The molecule has 1 aromatic heterocycles. The predicted octanol–water partition coefficient (Wildman–Crippen LogP) is 6.08. The molecule has 0 saturated heterocycles. The highest BCUT2D eigenvalue weighted by atomic mass is 19.1. The minimum absolute atomic E-state index is 0.154. The first-order valence-electron chi connectivity index (χ1n) is 12.0. The second-order valence-electron chi connectivity index (χ2n) is 9.25. The number of halogens is 1. The second kappa shape index (κ2) is 10.2. The number of amides is 1. The van der Waals surface area contributed by atoms with E-state index in [9.17, 15) is 14.0 Å². The van der Waals surface area contributed by atoms with Gasteiger partial charge < -0.3 is 4.90 Å². The fraction of sp³-hybridized carbons (Fsp3) is 0.276. The van der Waals surface area contributed by atoms with E-state index < -0.39 is 11.9 Å². The van der Waals surface area contributed by atoms with Crippen molar-refractivity contribution in [3.05, 3.63) is 106 Å². The number of nitrogens with zero attached hydrogens (tertiary/aromatic N) is 3. The fourth-order valence-corrected chi connectivity index (χ4v) is 4.46. The number of para-hydroxylation sites is 1. The highest BCUT2D eigenvalue weighted by Gasteiger charge is 2.30. The summed E-state index contributed by atoms with van der Waals surface area (Å²) in [6, 6.07) is 20.2. The summed E-state index contributed by atoms with van der Waals surface area (Å²) < 4.78 is 15.6. The number of rotatable bonds is 7. The zero-order valence-corrected chi connectivity index (χ0v) is 20.5. The SMILES string of the molecule is CCC(c1nc2ccccc2c(=O)n1-c1cccc(C)c1)N(CC(C)C)C(=O)c1cccc(F)c1. The number of hydrogen-bond acceptors (Lipinski definition) is 3. The molecule has 0 aliphatic carbocycles. The number of aromatic nitrogens is 2. The van der Waals surface area contributed by atoms with Crippen LogP contribution in [0.25, 0.3) is 16.6 Å². The van der Waals surface area contributed by atoms with Gasteiger partial charge in [0.1, 0.15) is 11.6 Å². The minimum Gasteiger partial charge on any atom is -0.328 e. The molecule has 1 heterocycles. The molecular formula is C29H30FN3O2. The summed E-state index contributed by atoms with van der Waals surface area (Å²) in [7, 11) is 0. The molecule has 5 nitrogen and oxygen atoms in total. The molecule has 0 fully saturated rings. The molecule has 1 atom stereocenters. The molecule has 0 N–H and O–H groups in total. The molecular weight excluding hydrogens is 441 g/mol. The van der Waals surface area contributed by atoms with E-state index in [1.54, 1.807) is 21.6 Å². The van der Waals surface area contributed by atoms with Gasteiger partial charge in [-0.15, -0.1) is 0 Å². The Bertz CT molecular complexity index is 1430. The summed E-state index contributed by atoms with van der Waals surface area (Å²) in [5.41, 5.74) is 2.38. The molecule has 0 aliphatic rings. The Morgan fingerprint density at radius 2 is 1.77 bits per heavy atom. The van der Waals surface area contributed by atoms with Crippen LogP contribution in [0.1, 0.15) is 55.0 Å². The largest absolute Gasteiger partial charge is 0.328 e. The van der Waals surface area contributed by atoms with Gasteiger partial charge in [-0.05, 0) is 67.3 Å². The van der Waals surface area contributed by atoms with Crippen LogP contribution in [0.4, 0.5) is 4.39 Å². The molecule has 6 heteroatoms. The maximum Gasteiger partial charge on any atom is 0.266 e. The van der Waals surface area contributed by atoms with Crippen LogP contribution in [-0.2, 0) is 0 Å². The lowest BCUT2D eigenvalue weighted by Crippen LogP contribution is -2.40. The smallest absolute Gasteiger partial charge is 0.266 e. The summed E-state index contributed by atoms with van der Waals surface area (Å²) in [4.78, 5) is 34.1. The first-order valence-corrected chi connectivity index (χ1v) is 12.0. The van der Waals surface area contributed by atoms with Crippen molar-refractivity contribution in [1.82, 2.24) is 14.5 Å². The lowest BCUT2D eigenvalue weighted by Gasteiger charge is -2.33. The first kappa shape index (κ1) is 24.3. The third-order valence-corrected chi connectivity index (χ3v) is 6.02. The Morgan fingerprint density at radius 1 is 1.03 bits per heavy atom. The number of carbonyl (C=O) groups is 1. The Balaban J connectivity index is 1.97. The van der Waals surface area contributed by atoms with Crippen molar-refractivity contribution in [2.75, 3.05) is 6.54 Å². The van der Waals surface area contributed by atoms with Gasteiger partial charge in [-0.2, -0.15) is 0 Å². The summed E-state index contributed by atoms with van der Waals surface area (Å²) in [6.07, 6.45) is 0.532. The molecule has 0 saturated carbocycles. The molecule has 0 spiro atoms. The Hall–Kier alpha value is -3.80. The molecule has 4 rings (SSSR count). The van der Waals surface area contributed by atoms with Crippen LogP contribution in [0.15, 0.2) is 77.6 Å². The van der Waals surface area contributed by atoms with Crippen molar-refractivity contribution in [3.8, 4) is 5.69 Å². The Labute approximate surface area is 204 Å². The van der Waals surface area contributed by atoms with Crippen molar-refractivity contribution in [2.24, 2.45) is 5.92 Å². The van der Waals surface area contributed by atoms with E-state index in [0.29, 0.717) is 35.4 Å². The van der Waals surface area contributed by atoms with Gasteiger partial charge in [0.25, 0.3) is 11.5 Å². The lowest BCUT2D eigenvalue weighted by atomic mass is 10.0.